The molecule has 114 valence electrons. The van der Waals surface area contributed by atoms with Crippen molar-refractivity contribution in [2.24, 2.45) is 0 Å². The summed E-state index contributed by atoms with van der Waals surface area (Å²) in [6, 6.07) is 8.11. The molecule has 2 fully saturated rings. The van der Waals surface area contributed by atoms with Crippen LogP contribution in [-0.4, -0.2) is 42.6 Å². The van der Waals surface area contributed by atoms with Crippen molar-refractivity contribution in [3.8, 4) is 0 Å². The summed E-state index contributed by atoms with van der Waals surface area (Å²) in [7, 11) is 0. The molecule has 1 saturated heterocycles. The Morgan fingerprint density at radius 3 is 3.10 bits per heavy atom. The van der Waals surface area contributed by atoms with Crippen LogP contribution in [-0.2, 0) is 4.74 Å². The van der Waals surface area contributed by atoms with E-state index in [4.69, 9.17) is 4.74 Å². The van der Waals surface area contributed by atoms with E-state index in [0.29, 0.717) is 13.2 Å². The smallest absolute Gasteiger partial charge is 0.256 e. The van der Waals surface area contributed by atoms with Gasteiger partial charge in [-0.25, -0.2) is 0 Å². The topological polar surface area (TPSA) is 41.6 Å². The molecular weight excluding hydrogens is 264 g/mol. The fraction of sp³-hybridized carbons (Fsp3) is 0.588. The van der Waals surface area contributed by atoms with Crippen LogP contribution in [0.1, 0.15) is 43.0 Å². The molecule has 0 aromatic heterocycles. The molecule has 4 heteroatoms. The van der Waals surface area contributed by atoms with Crippen molar-refractivity contribution in [3.63, 3.8) is 0 Å². The SMILES string of the molecule is CCCNc1ccccc1C(=O)N1CCOC2CCCC21. The summed E-state index contributed by atoms with van der Waals surface area (Å²) < 4.78 is 5.80. The van der Waals surface area contributed by atoms with E-state index in [-0.39, 0.29) is 18.1 Å². The van der Waals surface area contributed by atoms with E-state index in [9.17, 15) is 4.79 Å². The zero-order chi connectivity index (χ0) is 14.7. The van der Waals surface area contributed by atoms with E-state index in [2.05, 4.69) is 12.2 Å². The van der Waals surface area contributed by atoms with Crippen molar-refractivity contribution in [1.82, 2.24) is 4.90 Å². The van der Waals surface area contributed by atoms with Gasteiger partial charge >= 0.3 is 0 Å². The minimum atomic E-state index is 0.148. The Labute approximate surface area is 126 Å². The molecule has 1 aromatic rings. The highest BCUT2D eigenvalue weighted by Gasteiger charge is 2.38. The third kappa shape index (κ3) is 2.91. The van der Waals surface area contributed by atoms with Crippen LogP contribution in [0.3, 0.4) is 0 Å². The molecule has 1 amide bonds. The molecule has 21 heavy (non-hydrogen) atoms. The first-order valence-electron chi connectivity index (χ1n) is 8.06. The highest BCUT2D eigenvalue weighted by atomic mass is 16.5. The van der Waals surface area contributed by atoms with Crippen LogP contribution in [0.2, 0.25) is 0 Å². The molecule has 4 nitrogen and oxygen atoms in total. The predicted octanol–water partition coefficient (Wildman–Crippen LogP) is 2.90. The number of carbonyl (C=O) groups is 1. The van der Waals surface area contributed by atoms with Crippen LogP contribution in [0.25, 0.3) is 0 Å². The van der Waals surface area contributed by atoms with Crippen molar-refractivity contribution in [1.29, 1.82) is 0 Å². The molecule has 1 aliphatic heterocycles. The van der Waals surface area contributed by atoms with Gasteiger partial charge in [-0.3, -0.25) is 4.79 Å². The second-order valence-electron chi connectivity index (χ2n) is 5.88. The summed E-state index contributed by atoms with van der Waals surface area (Å²) >= 11 is 0. The number of morpholine rings is 1. The quantitative estimate of drug-likeness (QED) is 0.926. The van der Waals surface area contributed by atoms with Crippen molar-refractivity contribution >= 4 is 11.6 Å². The molecule has 1 N–H and O–H groups in total. The van der Waals surface area contributed by atoms with E-state index in [1.165, 1.54) is 0 Å². The van der Waals surface area contributed by atoms with Gasteiger partial charge in [0.05, 0.1) is 24.3 Å². The first-order valence-corrected chi connectivity index (χ1v) is 8.06. The van der Waals surface area contributed by atoms with Gasteiger partial charge in [0.2, 0.25) is 0 Å². The zero-order valence-electron chi connectivity index (χ0n) is 12.7. The third-order valence-corrected chi connectivity index (χ3v) is 4.47. The summed E-state index contributed by atoms with van der Waals surface area (Å²) in [6.45, 7) is 4.39. The predicted molar refractivity (Wildman–Crippen MR) is 83.6 cm³/mol. The maximum absolute atomic E-state index is 13.0. The lowest BCUT2D eigenvalue weighted by atomic mass is 10.1. The number of benzene rings is 1. The molecule has 1 saturated carbocycles. The summed E-state index contributed by atoms with van der Waals surface area (Å²) in [6.07, 6.45) is 4.61. The van der Waals surface area contributed by atoms with Gasteiger partial charge in [0.1, 0.15) is 0 Å². The summed E-state index contributed by atoms with van der Waals surface area (Å²) in [5.74, 6) is 0.148. The number of hydrogen-bond donors (Lipinski definition) is 1. The monoisotopic (exact) mass is 288 g/mol. The van der Waals surface area contributed by atoms with E-state index in [1.54, 1.807) is 0 Å². The molecule has 1 aromatic carbocycles. The van der Waals surface area contributed by atoms with Crippen LogP contribution in [0.15, 0.2) is 24.3 Å². The number of para-hydroxylation sites is 1. The van der Waals surface area contributed by atoms with Gasteiger partial charge in [-0.05, 0) is 37.8 Å². The lowest BCUT2D eigenvalue weighted by molar-refractivity contribution is -0.0445. The Kier molecular flexibility index (Phi) is 4.44. The molecule has 2 aliphatic rings. The fourth-order valence-electron chi connectivity index (χ4n) is 3.42. The third-order valence-electron chi connectivity index (χ3n) is 4.47. The van der Waals surface area contributed by atoms with Gasteiger partial charge in [0, 0.05) is 18.8 Å². The second-order valence-corrected chi connectivity index (χ2v) is 5.88. The standard InChI is InChI=1S/C17H24N2O2/c1-2-10-18-14-7-4-3-6-13(14)17(20)19-11-12-21-16-9-5-8-15(16)19/h3-4,6-7,15-16,18H,2,5,8-12H2,1H3. The first-order chi connectivity index (χ1) is 10.3. The van der Waals surface area contributed by atoms with Crippen LogP contribution in [0, 0.1) is 0 Å². The second kappa shape index (κ2) is 6.48. The normalized spacial score (nSPS) is 24.7. The molecule has 3 rings (SSSR count). The van der Waals surface area contributed by atoms with E-state index >= 15 is 0 Å². The number of hydrogen-bond acceptors (Lipinski definition) is 3. The Morgan fingerprint density at radius 2 is 2.24 bits per heavy atom. The minimum absolute atomic E-state index is 0.148. The van der Waals surface area contributed by atoms with E-state index < -0.39 is 0 Å². The fourth-order valence-corrected chi connectivity index (χ4v) is 3.42. The largest absolute Gasteiger partial charge is 0.384 e. The first kappa shape index (κ1) is 14.4. The lowest BCUT2D eigenvalue weighted by Gasteiger charge is -2.38. The summed E-state index contributed by atoms with van der Waals surface area (Å²) in [5, 5.41) is 3.36. The van der Waals surface area contributed by atoms with Crippen LogP contribution in [0.5, 0.6) is 0 Å². The average molecular weight is 288 g/mol. The van der Waals surface area contributed by atoms with Crippen molar-refractivity contribution in [2.75, 3.05) is 25.0 Å². The van der Waals surface area contributed by atoms with Crippen LogP contribution < -0.4 is 5.32 Å². The molecule has 0 bridgehead atoms. The van der Waals surface area contributed by atoms with Gasteiger partial charge in [0.15, 0.2) is 0 Å². The van der Waals surface area contributed by atoms with Gasteiger partial charge in [0.25, 0.3) is 5.91 Å². The molecule has 1 aliphatic carbocycles. The van der Waals surface area contributed by atoms with E-state index in [1.807, 2.05) is 29.2 Å². The van der Waals surface area contributed by atoms with Crippen LogP contribution in [0.4, 0.5) is 5.69 Å². The van der Waals surface area contributed by atoms with Gasteiger partial charge in [-0.1, -0.05) is 19.1 Å². The average Bonchev–Trinajstić information content (AvgIpc) is 3.01. The van der Waals surface area contributed by atoms with Crippen molar-refractivity contribution in [2.45, 2.75) is 44.8 Å². The number of anilines is 1. The molecule has 2 atom stereocenters. The Hall–Kier alpha value is -1.55. The zero-order valence-corrected chi connectivity index (χ0v) is 12.7. The van der Waals surface area contributed by atoms with Crippen molar-refractivity contribution in [3.05, 3.63) is 29.8 Å². The summed E-state index contributed by atoms with van der Waals surface area (Å²) in [5.41, 5.74) is 1.74. The maximum Gasteiger partial charge on any atom is 0.256 e. The number of nitrogens with zero attached hydrogens (tertiary/aromatic N) is 1. The van der Waals surface area contributed by atoms with E-state index in [0.717, 1.165) is 43.5 Å². The van der Waals surface area contributed by atoms with Crippen LogP contribution >= 0.6 is 0 Å². The number of amides is 1. The number of nitrogens with one attached hydrogen (secondary N) is 1. The number of fused-ring (bicyclic) bond motifs is 1. The molecule has 0 spiro atoms. The maximum atomic E-state index is 13.0. The summed E-state index contributed by atoms with van der Waals surface area (Å²) in [4.78, 5) is 15.0. The number of carbonyl (C=O) groups excluding carboxylic acids is 1. The van der Waals surface area contributed by atoms with Gasteiger partial charge in [-0.2, -0.15) is 0 Å². The highest BCUT2D eigenvalue weighted by molar-refractivity contribution is 5.99. The Balaban J connectivity index is 1.81. The molecule has 0 radical (unpaired) electrons. The molecular formula is C17H24N2O2. The molecule has 1 heterocycles. The molecule has 2 unspecified atom stereocenters. The highest BCUT2D eigenvalue weighted by Crippen LogP contribution is 2.31. The number of rotatable bonds is 4. The minimum Gasteiger partial charge on any atom is -0.384 e. The Morgan fingerprint density at radius 1 is 1.38 bits per heavy atom. The lowest BCUT2D eigenvalue weighted by Crippen LogP contribution is -2.51. The number of ether oxygens (including phenoxy) is 1. The van der Waals surface area contributed by atoms with Gasteiger partial charge < -0.3 is 15.0 Å². The van der Waals surface area contributed by atoms with Gasteiger partial charge in [-0.15, -0.1) is 0 Å². The van der Waals surface area contributed by atoms with Crippen molar-refractivity contribution < 1.29 is 9.53 Å². The Bertz CT molecular complexity index is 503.